The van der Waals surface area contributed by atoms with Gasteiger partial charge in [0.05, 0.1) is 31.2 Å². The third kappa shape index (κ3) is 4.86. The van der Waals surface area contributed by atoms with Crippen LogP contribution in [0.25, 0.3) is 11.0 Å². The van der Waals surface area contributed by atoms with Crippen molar-refractivity contribution in [1.82, 2.24) is 14.9 Å². The Morgan fingerprint density at radius 2 is 1.77 bits per heavy atom. The summed E-state index contributed by atoms with van der Waals surface area (Å²) in [4.78, 5) is 17.3. The zero-order valence-corrected chi connectivity index (χ0v) is 17.7. The molecular formula is C25H25N3O3. The number of amides is 1. The van der Waals surface area contributed by atoms with Gasteiger partial charge in [-0.3, -0.25) is 4.79 Å². The number of methoxy groups -OCH3 is 1. The summed E-state index contributed by atoms with van der Waals surface area (Å²) in [7, 11) is 1.64. The monoisotopic (exact) mass is 415 g/mol. The standard InChI is InChI=1S/C25H25N3O3/c1-18-6-5-7-19(16-18)25(29)26-17-24-27-22-8-3-4-9-23(22)28(24)14-15-31-21-12-10-20(30-2)11-13-21/h3-13,16H,14-15,17H2,1-2H3,(H,26,29). The fraction of sp³-hybridized carbons (Fsp3) is 0.200. The van der Waals surface area contributed by atoms with E-state index in [2.05, 4.69) is 9.88 Å². The van der Waals surface area contributed by atoms with Gasteiger partial charge in [-0.05, 0) is 55.5 Å². The van der Waals surface area contributed by atoms with Crippen LogP contribution in [-0.2, 0) is 13.1 Å². The molecule has 4 aromatic rings. The molecule has 1 aromatic heterocycles. The van der Waals surface area contributed by atoms with E-state index in [1.54, 1.807) is 7.11 Å². The maximum Gasteiger partial charge on any atom is 0.251 e. The summed E-state index contributed by atoms with van der Waals surface area (Å²) >= 11 is 0. The van der Waals surface area contributed by atoms with Crippen LogP contribution >= 0.6 is 0 Å². The first-order valence-corrected chi connectivity index (χ1v) is 10.2. The quantitative estimate of drug-likeness (QED) is 0.464. The van der Waals surface area contributed by atoms with Gasteiger partial charge in [0.2, 0.25) is 0 Å². The normalized spacial score (nSPS) is 10.8. The zero-order chi connectivity index (χ0) is 21.6. The molecule has 0 saturated carbocycles. The van der Waals surface area contributed by atoms with Crippen molar-refractivity contribution in [2.75, 3.05) is 13.7 Å². The molecule has 0 aliphatic heterocycles. The van der Waals surface area contributed by atoms with Crippen molar-refractivity contribution in [2.45, 2.75) is 20.0 Å². The summed E-state index contributed by atoms with van der Waals surface area (Å²) in [5, 5.41) is 2.99. The van der Waals surface area contributed by atoms with Gasteiger partial charge in [-0.15, -0.1) is 0 Å². The molecule has 4 rings (SSSR count). The first-order valence-electron chi connectivity index (χ1n) is 10.2. The minimum Gasteiger partial charge on any atom is -0.497 e. The van der Waals surface area contributed by atoms with Crippen LogP contribution in [0.2, 0.25) is 0 Å². The van der Waals surface area contributed by atoms with Crippen LogP contribution in [-0.4, -0.2) is 29.2 Å². The highest BCUT2D eigenvalue weighted by molar-refractivity contribution is 5.94. The average molecular weight is 415 g/mol. The van der Waals surface area contributed by atoms with Crippen LogP contribution < -0.4 is 14.8 Å². The lowest BCUT2D eigenvalue weighted by atomic mass is 10.1. The topological polar surface area (TPSA) is 65.4 Å². The largest absolute Gasteiger partial charge is 0.497 e. The number of para-hydroxylation sites is 2. The number of fused-ring (bicyclic) bond motifs is 1. The number of hydrogen-bond donors (Lipinski definition) is 1. The van der Waals surface area contributed by atoms with Gasteiger partial charge in [-0.2, -0.15) is 0 Å². The fourth-order valence-electron chi connectivity index (χ4n) is 3.48. The summed E-state index contributed by atoms with van der Waals surface area (Å²) in [6.45, 7) is 3.40. The minimum atomic E-state index is -0.114. The number of aryl methyl sites for hydroxylation is 1. The first kappa shape index (κ1) is 20.5. The van der Waals surface area contributed by atoms with Gasteiger partial charge in [0.25, 0.3) is 5.91 Å². The minimum absolute atomic E-state index is 0.114. The Labute approximate surface area is 181 Å². The molecule has 1 heterocycles. The Morgan fingerprint density at radius 1 is 1.00 bits per heavy atom. The van der Waals surface area contributed by atoms with Crippen LogP contribution in [0.3, 0.4) is 0 Å². The van der Waals surface area contributed by atoms with Crippen LogP contribution in [0.4, 0.5) is 0 Å². The molecule has 1 amide bonds. The van der Waals surface area contributed by atoms with E-state index in [1.165, 1.54) is 0 Å². The molecule has 6 heteroatoms. The average Bonchev–Trinajstić information content (AvgIpc) is 3.15. The first-order chi connectivity index (χ1) is 15.1. The number of aromatic nitrogens is 2. The van der Waals surface area contributed by atoms with Gasteiger partial charge >= 0.3 is 0 Å². The molecule has 0 unspecified atom stereocenters. The number of nitrogens with zero attached hydrogens (tertiary/aromatic N) is 2. The van der Waals surface area contributed by atoms with Gasteiger partial charge in [0.1, 0.15) is 23.9 Å². The van der Waals surface area contributed by atoms with Crippen molar-refractivity contribution in [1.29, 1.82) is 0 Å². The van der Waals surface area contributed by atoms with E-state index in [0.717, 1.165) is 33.9 Å². The molecule has 0 fully saturated rings. The summed E-state index contributed by atoms with van der Waals surface area (Å²) in [6, 6.07) is 23.0. The van der Waals surface area contributed by atoms with Crippen molar-refractivity contribution < 1.29 is 14.3 Å². The van der Waals surface area contributed by atoms with E-state index < -0.39 is 0 Å². The van der Waals surface area contributed by atoms with E-state index in [4.69, 9.17) is 14.5 Å². The Hall–Kier alpha value is -3.80. The zero-order valence-electron chi connectivity index (χ0n) is 17.7. The molecule has 1 N–H and O–H groups in total. The lowest BCUT2D eigenvalue weighted by molar-refractivity contribution is 0.0949. The van der Waals surface area contributed by atoms with Crippen molar-refractivity contribution in [3.63, 3.8) is 0 Å². The van der Waals surface area contributed by atoms with Crippen molar-refractivity contribution >= 4 is 16.9 Å². The molecular weight excluding hydrogens is 390 g/mol. The van der Waals surface area contributed by atoms with Gasteiger partial charge in [-0.25, -0.2) is 4.98 Å². The van der Waals surface area contributed by atoms with Gasteiger partial charge < -0.3 is 19.4 Å². The Kier molecular flexibility index (Phi) is 6.17. The van der Waals surface area contributed by atoms with Gasteiger partial charge in [-0.1, -0.05) is 29.8 Å². The van der Waals surface area contributed by atoms with Crippen LogP contribution in [0.15, 0.2) is 72.8 Å². The molecule has 0 aliphatic carbocycles. The number of carbonyl (C=O) groups is 1. The highest BCUT2D eigenvalue weighted by Crippen LogP contribution is 2.19. The van der Waals surface area contributed by atoms with Gasteiger partial charge in [0.15, 0.2) is 0 Å². The highest BCUT2D eigenvalue weighted by atomic mass is 16.5. The number of carbonyl (C=O) groups excluding carboxylic acids is 1. The summed E-state index contributed by atoms with van der Waals surface area (Å²) in [5.41, 5.74) is 3.61. The molecule has 3 aromatic carbocycles. The fourth-order valence-corrected chi connectivity index (χ4v) is 3.48. The van der Waals surface area contributed by atoms with Crippen molar-refractivity contribution in [2.24, 2.45) is 0 Å². The molecule has 6 nitrogen and oxygen atoms in total. The maximum atomic E-state index is 12.6. The lowest BCUT2D eigenvalue weighted by Gasteiger charge is -2.12. The van der Waals surface area contributed by atoms with Gasteiger partial charge in [0, 0.05) is 5.56 Å². The Balaban J connectivity index is 1.46. The predicted molar refractivity (Wildman–Crippen MR) is 121 cm³/mol. The molecule has 0 atom stereocenters. The number of imidazole rings is 1. The molecule has 0 aliphatic rings. The Bertz CT molecular complexity index is 1180. The molecule has 31 heavy (non-hydrogen) atoms. The molecule has 0 bridgehead atoms. The summed E-state index contributed by atoms with van der Waals surface area (Å²) < 4.78 is 13.2. The maximum absolute atomic E-state index is 12.6. The second kappa shape index (κ2) is 9.34. The number of rotatable bonds is 8. The van der Waals surface area contributed by atoms with E-state index in [0.29, 0.717) is 25.3 Å². The highest BCUT2D eigenvalue weighted by Gasteiger charge is 2.13. The van der Waals surface area contributed by atoms with E-state index in [1.807, 2.05) is 79.7 Å². The molecule has 0 spiro atoms. The number of hydrogen-bond acceptors (Lipinski definition) is 4. The van der Waals surface area contributed by atoms with Crippen molar-refractivity contribution in [3.05, 3.63) is 89.7 Å². The number of benzene rings is 3. The molecule has 0 radical (unpaired) electrons. The van der Waals surface area contributed by atoms with Crippen LogP contribution in [0.5, 0.6) is 11.5 Å². The third-order valence-electron chi connectivity index (χ3n) is 5.06. The predicted octanol–water partition coefficient (Wildman–Crippen LogP) is 4.36. The second-order valence-electron chi connectivity index (χ2n) is 7.24. The number of nitrogens with one attached hydrogen (secondary N) is 1. The van der Waals surface area contributed by atoms with Crippen LogP contribution in [0.1, 0.15) is 21.7 Å². The van der Waals surface area contributed by atoms with Crippen LogP contribution in [0, 0.1) is 6.92 Å². The lowest BCUT2D eigenvalue weighted by Crippen LogP contribution is -2.25. The smallest absolute Gasteiger partial charge is 0.251 e. The van der Waals surface area contributed by atoms with E-state index in [9.17, 15) is 4.79 Å². The summed E-state index contributed by atoms with van der Waals surface area (Å²) in [5.74, 6) is 2.25. The Morgan fingerprint density at radius 3 is 2.55 bits per heavy atom. The SMILES string of the molecule is COc1ccc(OCCn2c(CNC(=O)c3cccc(C)c3)nc3ccccc32)cc1. The van der Waals surface area contributed by atoms with E-state index >= 15 is 0 Å². The van der Waals surface area contributed by atoms with Crippen molar-refractivity contribution in [3.8, 4) is 11.5 Å². The molecule has 158 valence electrons. The third-order valence-corrected chi connectivity index (χ3v) is 5.06. The second-order valence-corrected chi connectivity index (χ2v) is 7.24. The molecule has 0 saturated heterocycles. The van der Waals surface area contributed by atoms with E-state index in [-0.39, 0.29) is 5.91 Å². The number of ether oxygens (including phenoxy) is 2. The summed E-state index contributed by atoms with van der Waals surface area (Å²) in [6.07, 6.45) is 0.